The Balaban J connectivity index is 3.83. The summed E-state index contributed by atoms with van der Waals surface area (Å²) in [4.78, 5) is 19.7. The molecule has 2 atom stereocenters. The van der Waals surface area contributed by atoms with Gasteiger partial charge in [-0.2, -0.15) is 0 Å². The Morgan fingerprint density at radius 1 is 1.00 bits per heavy atom. The van der Waals surface area contributed by atoms with Gasteiger partial charge in [0.2, 0.25) is 0 Å². The molecule has 6 heteroatoms. The van der Waals surface area contributed by atoms with Crippen molar-refractivity contribution >= 4 is 11.9 Å². The van der Waals surface area contributed by atoms with Gasteiger partial charge in [0.15, 0.2) is 0 Å². The first kappa shape index (κ1) is 10.9. The van der Waals surface area contributed by atoms with E-state index in [1.807, 2.05) is 0 Å². The summed E-state index contributed by atoms with van der Waals surface area (Å²) in [6.07, 6.45) is -4.86. The maximum atomic E-state index is 9.85. The molecule has 0 fully saturated rings. The first-order valence-electron chi connectivity index (χ1n) is 3.19. The monoisotopic (exact) mass is 176 g/mol. The maximum Gasteiger partial charge on any atom is 0.0854 e. The van der Waals surface area contributed by atoms with Gasteiger partial charge >= 0.3 is 0 Å². The Morgan fingerprint density at radius 2 is 1.25 bits per heavy atom. The Labute approximate surface area is 68.1 Å². The molecule has 0 aliphatic rings. The lowest BCUT2D eigenvalue weighted by molar-refractivity contribution is -0.312. The normalized spacial score (nSPS) is 15.2. The van der Waals surface area contributed by atoms with E-state index in [4.69, 9.17) is 10.2 Å². The lowest BCUT2D eigenvalue weighted by Crippen LogP contribution is -2.38. The maximum absolute atomic E-state index is 9.85. The highest BCUT2D eigenvalue weighted by Crippen LogP contribution is 2.01. The van der Waals surface area contributed by atoms with Crippen LogP contribution >= 0.6 is 0 Å². The van der Waals surface area contributed by atoms with Gasteiger partial charge in [0.05, 0.1) is 12.2 Å². The highest BCUT2D eigenvalue weighted by molar-refractivity contribution is 5.66. The fourth-order valence-electron chi connectivity index (χ4n) is 0.614. The van der Waals surface area contributed by atoms with E-state index >= 15 is 0 Å². The highest BCUT2D eigenvalue weighted by Gasteiger charge is 2.16. The minimum atomic E-state index is -1.63. The molecule has 0 spiro atoms. The third-order valence-electron chi connectivity index (χ3n) is 1.20. The molecule has 2 unspecified atom stereocenters. The van der Waals surface area contributed by atoms with E-state index in [1.54, 1.807) is 0 Å². The molecule has 0 aromatic rings. The molecule has 6 nitrogen and oxygen atoms in total. The molecule has 0 saturated heterocycles. The summed E-state index contributed by atoms with van der Waals surface area (Å²) >= 11 is 0. The van der Waals surface area contributed by atoms with Gasteiger partial charge in [0.25, 0.3) is 0 Å². The lowest BCUT2D eigenvalue weighted by Gasteiger charge is -2.18. The summed E-state index contributed by atoms with van der Waals surface area (Å²) in [7, 11) is 0. The van der Waals surface area contributed by atoms with Crippen molar-refractivity contribution in [3.63, 3.8) is 0 Å². The van der Waals surface area contributed by atoms with Crippen LogP contribution in [0.2, 0.25) is 0 Å². The summed E-state index contributed by atoms with van der Waals surface area (Å²) in [5.74, 6) is -3.11. The predicted molar refractivity (Wildman–Crippen MR) is 31.3 cm³/mol. The SMILES string of the molecule is O=C([O-])CC(O)C(O)CC(=O)[O-]. The molecule has 70 valence electrons. The molecule has 0 heterocycles. The molecule has 2 N–H and O–H groups in total. The van der Waals surface area contributed by atoms with Crippen molar-refractivity contribution in [2.75, 3.05) is 0 Å². The second-order valence-electron chi connectivity index (χ2n) is 2.29. The molecular formula is C6H8O6-2. The van der Waals surface area contributed by atoms with Gasteiger partial charge in [-0.15, -0.1) is 0 Å². The van der Waals surface area contributed by atoms with E-state index in [-0.39, 0.29) is 0 Å². The summed E-state index contributed by atoms with van der Waals surface area (Å²) in [6, 6.07) is 0. The largest absolute Gasteiger partial charge is 0.550 e. The lowest BCUT2D eigenvalue weighted by atomic mass is 10.1. The number of aliphatic hydroxyl groups excluding tert-OH is 2. The minimum absolute atomic E-state index is 0.797. The van der Waals surface area contributed by atoms with Gasteiger partial charge in [-0.1, -0.05) is 0 Å². The summed E-state index contributed by atoms with van der Waals surface area (Å²) in [6.45, 7) is 0. The van der Waals surface area contributed by atoms with E-state index in [2.05, 4.69) is 0 Å². The number of carboxylic acid groups (broad SMARTS) is 2. The van der Waals surface area contributed by atoms with Crippen LogP contribution in [0.1, 0.15) is 12.8 Å². The van der Waals surface area contributed by atoms with Crippen LogP contribution in [0.5, 0.6) is 0 Å². The Kier molecular flexibility index (Phi) is 4.24. The van der Waals surface area contributed by atoms with Gasteiger partial charge in [-0.3, -0.25) is 0 Å². The number of aliphatic hydroxyl groups is 2. The first-order valence-corrected chi connectivity index (χ1v) is 3.19. The molecule has 0 saturated carbocycles. The standard InChI is InChI=1S/C6H10O6/c7-3(1-5(9)10)4(8)2-6(11)12/h3-4,7-8H,1-2H2,(H,9,10)(H,11,12)/p-2. The van der Waals surface area contributed by atoms with Crippen molar-refractivity contribution in [2.24, 2.45) is 0 Å². The third kappa shape index (κ3) is 4.64. The van der Waals surface area contributed by atoms with Crippen LogP contribution in [-0.2, 0) is 9.59 Å². The molecule has 0 bridgehead atoms. The van der Waals surface area contributed by atoms with E-state index in [0.717, 1.165) is 0 Å². The second kappa shape index (κ2) is 4.68. The average molecular weight is 176 g/mol. The first-order chi connectivity index (χ1) is 5.43. The zero-order chi connectivity index (χ0) is 9.72. The van der Waals surface area contributed by atoms with E-state index < -0.39 is 37.0 Å². The van der Waals surface area contributed by atoms with Crippen molar-refractivity contribution in [1.82, 2.24) is 0 Å². The third-order valence-corrected chi connectivity index (χ3v) is 1.20. The van der Waals surface area contributed by atoms with Gasteiger partial charge in [0.1, 0.15) is 0 Å². The predicted octanol–water partition coefficient (Wildman–Crippen LogP) is -4.01. The molecular weight excluding hydrogens is 168 g/mol. The van der Waals surface area contributed by atoms with Crippen LogP contribution in [0.25, 0.3) is 0 Å². The van der Waals surface area contributed by atoms with Crippen LogP contribution in [0.3, 0.4) is 0 Å². The number of aliphatic carboxylic acids is 2. The molecule has 0 radical (unpaired) electrons. The molecule has 0 aliphatic heterocycles. The summed E-state index contributed by atoms with van der Waals surface area (Å²) < 4.78 is 0. The molecule has 0 aromatic carbocycles. The number of hydrogen-bond donors (Lipinski definition) is 2. The number of carboxylic acids is 2. The summed E-state index contributed by atoms with van der Waals surface area (Å²) in [5.41, 5.74) is 0. The Morgan fingerprint density at radius 3 is 1.42 bits per heavy atom. The van der Waals surface area contributed by atoms with Crippen LogP contribution in [0, 0.1) is 0 Å². The topological polar surface area (TPSA) is 121 Å². The number of hydrogen-bond acceptors (Lipinski definition) is 6. The highest BCUT2D eigenvalue weighted by atomic mass is 16.4. The Bertz CT molecular complexity index is 157. The molecule has 0 aliphatic carbocycles. The second-order valence-corrected chi connectivity index (χ2v) is 2.29. The van der Waals surface area contributed by atoms with Gasteiger partial charge < -0.3 is 30.0 Å². The molecule has 0 rings (SSSR count). The van der Waals surface area contributed by atoms with Gasteiger partial charge in [-0.05, 0) is 0 Å². The van der Waals surface area contributed by atoms with E-state index in [0.29, 0.717) is 0 Å². The van der Waals surface area contributed by atoms with E-state index in [9.17, 15) is 19.8 Å². The Hall–Kier alpha value is -1.14. The number of carbonyl (C=O) groups is 2. The van der Waals surface area contributed by atoms with Crippen molar-refractivity contribution in [2.45, 2.75) is 25.0 Å². The zero-order valence-corrected chi connectivity index (χ0v) is 6.10. The fourth-order valence-corrected chi connectivity index (χ4v) is 0.614. The quantitative estimate of drug-likeness (QED) is 0.440. The zero-order valence-electron chi connectivity index (χ0n) is 6.10. The molecule has 12 heavy (non-hydrogen) atoms. The van der Waals surface area contributed by atoms with Crippen molar-refractivity contribution < 1.29 is 30.0 Å². The smallest absolute Gasteiger partial charge is 0.0854 e. The van der Waals surface area contributed by atoms with Crippen LogP contribution in [-0.4, -0.2) is 34.4 Å². The minimum Gasteiger partial charge on any atom is -0.550 e. The van der Waals surface area contributed by atoms with Crippen LogP contribution in [0.4, 0.5) is 0 Å². The van der Waals surface area contributed by atoms with Crippen molar-refractivity contribution in [1.29, 1.82) is 0 Å². The molecule has 0 aromatic heterocycles. The van der Waals surface area contributed by atoms with Gasteiger partial charge in [-0.25, -0.2) is 0 Å². The fraction of sp³-hybridized carbons (Fsp3) is 0.667. The van der Waals surface area contributed by atoms with Gasteiger partial charge in [0, 0.05) is 24.8 Å². The van der Waals surface area contributed by atoms with Crippen molar-refractivity contribution in [3.8, 4) is 0 Å². The van der Waals surface area contributed by atoms with Crippen LogP contribution < -0.4 is 10.2 Å². The van der Waals surface area contributed by atoms with Crippen LogP contribution in [0.15, 0.2) is 0 Å². The molecule has 0 amide bonds. The number of rotatable bonds is 5. The van der Waals surface area contributed by atoms with E-state index in [1.165, 1.54) is 0 Å². The average Bonchev–Trinajstić information content (AvgIpc) is 1.84. The van der Waals surface area contributed by atoms with Crippen molar-refractivity contribution in [3.05, 3.63) is 0 Å². The summed E-state index contributed by atoms with van der Waals surface area (Å²) in [5, 5.41) is 37.3. The number of carbonyl (C=O) groups excluding carboxylic acids is 2.